The van der Waals surface area contributed by atoms with Crippen LogP contribution in [0, 0.1) is 0 Å². The van der Waals surface area contributed by atoms with Crippen LogP contribution in [0.1, 0.15) is 25.0 Å². The second-order valence-electron chi connectivity index (χ2n) is 3.51. The lowest BCUT2D eigenvalue weighted by atomic mass is 10.1. The Morgan fingerprint density at radius 3 is 1.74 bits per heavy atom. The molecule has 0 saturated heterocycles. The molecule has 0 saturated carbocycles. The average molecular weight is 272 g/mol. The van der Waals surface area contributed by atoms with E-state index in [0.29, 0.717) is 0 Å². The first-order valence-electron chi connectivity index (χ1n) is 6.55. The van der Waals surface area contributed by atoms with Gasteiger partial charge in [-0.3, -0.25) is 0 Å². The first-order valence-corrected chi connectivity index (χ1v) is 7.78. The standard InChI is InChI=1S/C14H14S.C2H6.C2H4/c1-15-14-9-7-13(8-10-14)11-12-5-3-2-4-6-12;2*1-2/h2-10H,11H2,1H3;1-2H3;1-2H2. The van der Waals surface area contributed by atoms with Crippen molar-refractivity contribution in [2.24, 2.45) is 0 Å². The van der Waals surface area contributed by atoms with Crippen molar-refractivity contribution in [3.63, 3.8) is 0 Å². The van der Waals surface area contributed by atoms with Gasteiger partial charge in [0.15, 0.2) is 0 Å². The Morgan fingerprint density at radius 2 is 1.26 bits per heavy atom. The summed E-state index contributed by atoms with van der Waals surface area (Å²) in [5, 5.41) is 0. The van der Waals surface area contributed by atoms with Gasteiger partial charge in [0.05, 0.1) is 0 Å². The van der Waals surface area contributed by atoms with Crippen LogP contribution in [0.15, 0.2) is 72.7 Å². The van der Waals surface area contributed by atoms with E-state index in [1.165, 1.54) is 16.0 Å². The van der Waals surface area contributed by atoms with Crippen LogP contribution in [0.2, 0.25) is 0 Å². The number of thioether (sulfide) groups is 1. The van der Waals surface area contributed by atoms with E-state index < -0.39 is 0 Å². The van der Waals surface area contributed by atoms with Crippen LogP contribution < -0.4 is 0 Å². The Morgan fingerprint density at radius 1 is 0.789 bits per heavy atom. The second kappa shape index (κ2) is 11.6. The maximum absolute atomic E-state index is 3.00. The quantitative estimate of drug-likeness (QED) is 0.500. The van der Waals surface area contributed by atoms with Crippen molar-refractivity contribution in [3.05, 3.63) is 78.9 Å². The molecule has 0 unspecified atom stereocenters. The van der Waals surface area contributed by atoms with E-state index in [9.17, 15) is 0 Å². The molecule has 19 heavy (non-hydrogen) atoms. The fourth-order valence-corrected chi connectivity index (χ4v) is 1.98. The molecule has 0 atom stereocenters. The van der Waals surface area contributed by atoms with Crippen LogP contribution in [-0.4, -0.2) is 6.26 Å². The zero-order chi connectivity index (χ0) is 14.5. The molecule has 0 amide bonds. The molecule has 102 valence electrons. The Balaban J connectivity index is 0.000000741. The van der Waals surface area contributed by atoms with Gasteiger partial charge in [-0.05, 0) is 35.9 Å². The van der Waals surface area contributed by atoms with E-state index in [1.807, 2.05) is 13.8 Å². The van der Waals surface area contributed by atoms with Gasteiger partial charge in [-0.2, -0.15) is 0 Å². The SMILES string of the molecule is C=C.CC.CSc1ccc(Cc2ccccc2)cc1. The zero-order valence-corrected chi connectivity index (χ0v) is 13.0. The summed E-state index contributed by atoms with van der Waals surface area (Å²) >= 11 is 1.78. The van der Waals surface area contributed by atoms with E-state index >= 15 is 0 Å². The van der Waals surface area contributed by atoms with E-state index in [0.717, 1.165) is 6.42 Å². The third kappa shape index (κ3) is 6.88. The maximum Gasteiger partial charge on any atom is 0.00693 e. The molecule has 0 heterocycles. The Kier molecular flexibility index (Phi) is 10.7. The summed E-state index contributed by atoms with van der Waals surface area (Å²) in [6.45, 7) is 10.0. The van der Waals surface area contributed by atoms with Crippen molar-refractivity contribution in [1.82, 2.24) is 0 Å². The Bertz CT molecular complexity index is 417. The highest BCUT2D eigenvalue weighted by atomic mass is 32.2. The highest BCUT2D eigenvalue weighted by Crippen LogP contribution is 2.16. The molecule has 0 spiro atoms. The minimum absolute atomic E-state index is 1.02. The summed E-state index contributed by atoms with van der Waals surface area (Å²) < 4.78 is 0. The molecule has 0 aliphatic rings. The van der Waals surface area contributed by atoms with Crippen LogP contribution in [0.5, 0.6) is 0 Å². The van der Waals surface area contributed by atoms with Gasteiger partial charge >= 0.3 is 0 Å². The van der Waals surface area contributed by atoms with Gasteiger partial charge < -0.3 is 0 Å². The lowest BCUT2D eigenvalue weighted by Gasteiger charge is -2.02. The maximum atomic E-state index is 3.00. The van der Waals surface area contributed by atoms with Gasteiger partial charge in [0, 0.05) is 4.90 Å². The number of rotatable bonds is 3. The fraction of sp³-hybridized carbons (Fsp3) is 0.222. The molecule has 0 nitrogen and oxygen atoms in total. The van der Waals surface area contributed by atoms with Crippen molar-refractivity contribution in [1.29, 1.82) is 0 Å². The molecule has 2 rings (SSSR count). The van der Waals surface area contributed by atoms with Crippen molar-refractivity contribution >= 4 is 11.8 Å². The predicted octanol–water partition coefficient (Wildman–Crippen LogP) is 5.83. The van der Waals surface area contributed by atoms with E-state index in [2.05, 4.69) is 74.0 Å². The van der Waals surface area contributed by atoms with Gasteiger partial charge in [-0.15, -0.1) is 24.9 Å². The van der Waals surface area contributed by atoms with Crippen LogP contribution in [0.4, 0.5) is 0 Å². The third-order valence-electron chi connectivity index (χ3n) is 2.41. The summed E-state index contributed by atoms with van der Waals surface area (Å²) in [4.78, 5) is 1.33. The summed E-state index contributed by atoms with van der Waals surface area (Å²) in [5.74, 6) is 0. The van der Waals surface area contributed by atoms with E-state index in [4.69, 9.17) is 0 Å². The first-order chi connectivity index (χ1) is 9.38. The van der Waals surface area contributed by atoms with Crippen LogP contribution in [0.25, 0.3) is 0 Å². The molecule has 1 heteroatoms. The number of hydrogen-bond acceptors (Lipinski definition) is 1. The third-order valence-corrected chi connectivity index (χ3v) is 3.15. The van der Waals surface area contributed by atoms with Gasteiger partial charge in [0.1, 0.15) is 0 Å². The summed E-state index contributed by atoms with van der Waals surface area (Å²) in [6.07, 6.45) is 3.13. The summed E-state index contributed by atoms with van der Waals surface area (Å²) in [6, 6.07) is 19.4. The fourth-order valence-electron chi connectivity index (χ4n) is 1.57. The van der Waals surface area contributed by atoms with E-state index in [1.54, 1.807) is 11.8 Å². The molecule has 0 aliphatic carbocycles. The van der Waals surface area contributed by atoms with Crippen molar-refractivity contribution < 1.29 is 0 Å². The van der Waals surface area contributed by atoms with Crippen LogP contribution >= 0.6 is 11.8 Å². The minimum Gasteiger partial charge on any atom is -0.130 e. The van der Waals surface area contributed by atoms with Gasteiger partial charge in [-0.25, -0.2) is 0 Å². The van der Waals surface area contributed by atoms with Crippen LogP contribution in [-0.2, 0) is 6.42 Å². The smallest absolute Gasteiger partial charge is 0.00693 e. The molecule has 0 N–H and O–H groups in total. The highest BCUT2D eigenvalue weighted by molar-refractivity contribution is 7.98. The summed E-state index contributed by atoms with van der Waals surface area (Å²) in [5.41, 5.74) is 2.74. The Labute approximate surface area is 122 Å². The predicted molar refractivity (Wildman–Crippen MR) is 90.1 cm³/mol. The van der Waals surface area contributed by atoms with Crippen molar-refractivity contribution in [3.8, 4) is 0 Å². The van der Waals surface area contributed by atoms with Crippen molar-refractivity contribution in [2.45, 2.75) is 25.2 Å². The zero-order valence-electron chi connectivity index (χ0n) is 12.2. The largest absolute Gasteiger partial charge is 0.130 e. The second-order valence-corrected chi connectivity index (χ2v) is 4.39. The molecule has 0 bridgehead atoms. The normalized spacial score (nSPS) is 8.58. The van der Waals surface area contributed by atoms with Gasteiger partial charge in [0.25, 0.3) is 0 Å². The number of hydrogen-bond donors (Lipinski definition) is 0. The molecule has 2 aromatic carbocycles. The molecule has 0 aromatic heterocycles. The van der Waals surface area contributed by atoms with Crippen LogP contribution in [0.3, 0.4) is 0 Å². The molecule has 0 fully saturated rings. The van der Waals surface area contributed by atoms with Gasteiger partial charge in [0.2, 0.25) is 0 Å². The first kappa shape index (κ1) is 17.5. The topological polar surface area (TPSA) is 0 Å². The minimum atomic E-state index is 1.02. The van der Waals surface area contributed by atoms with E-state index in [-0.39, 0.29) is 0 Å². The molecule has 0 aliphatic heterocycles. The molecule has 0 radical (unpaired) electrons. The highest BCUT2D eigenvalue weighted by Gasteiger charge is 1.95. The monoisotopic (exact) mass is 272 g/mol. The molecular weight excluding hydrogens is 248 g/mol. The van der Waals surface area contributed by atoms with Crippen molar-refractivity contribution in [2.75, 3.05) is 6.26 Å². The van der Waals surface area contributed by atoms with Gasteiger partial charge in [-0.1, -0.05) is 56.3 Å². The summed E-state index contributed by atoms with van der Waals surface area (Å²) in [7, 11) is 0. The number of benzene rings is 2. The average Bonchev–Trinajstić information content (AvgIpc) is 2.53. The molecule has 2 aromatic rings. The molecular formula is C18H24S. The lowest BCUT2D eigenvalue weighted by Crippen LogP contribution is -1.86. The lowest BCUT2D eigenvalue weighted by molar-refractivity contribution is 1.18. The Hall–Kier alpha value is -1.47.